The van der Waals surface area contributed by atoms with Gasteiger partial charge in [0, 0.05) is 38.8 Å². The summed E-state index contributed by atoms with van der Waals surface area (Å²) in [5, 5.41) is 16.8. The normalized spacial score (nSPS) is 19.4. The van der Waals surface area contributed by atoms with Crippen LogP contribution in [0.1, 0.15) is 37.0 Å². The Labute approximate surface area is 167 Å². The summed E-state index contributed by atoms with van der Waals surface area (Å²) in [5.41, 5.74) is 2.06. The van der Waals surface area contributed by atoms with Gasteiger partial charge in [0.05, 0.1) is 19.2 Å². The number of amides is 1. The number of piperazine rings is 1. The number of aliphatic hydroxyl groups is 1. The predicted octanol–water partition coefficient (Wildman–Crippen LogP) is 0.890. The molecule has 1 aliphatic carbocycles. The molecule has 154 valence electrons. The van der Waals surface area contributed by atoms with E-state index in [1.54, 1.807) is 0 Å². The summed E-state index contributed by atoms with van der Waals surface area (Å²) in [6.45, 7) is 8.98. The van der Waals surface area contributed by atoms with Gasteiger partial charge >= 0.3 is 0 Å². The maximum absolute atomic E-state index is 12.0. The third-order valence-corrected chi connectivity index (χ3v) is 5.19. The fourth-order valence-electron chi connectivity index (χ4n) is 3.31. The first-order valence-electron chi connectivity index (χ1n) is 10.3. The summed E-state index contributed by atoms with van der Waals surface area (Å²) >= 11 is 0. The smallest absolute Gasteiger partial charge is 0.234 e. The molecule has 0 bridgehead atoms. The van der Waals surface area contributed by atoms with Crippen molar-refractivity contribution in [1.82, 2.24) is 20.4 Å². The van der Waals surface area contributed by atoms with E-state index < -0.39 is 6.10 Å². The van der Waals surface area contributed by atoms with Crippen LogP contribution in [-0.2, 0) is 4.79 Å². The molecule has 1 saturated carbocycles. The van der Waals surface area contributed by atoms with Crippen molar-refractivity contribution in [3.63, 3.8) is 0 Å². The van der Waals surface area contributed by atoms with Crippen LogP contribution < -0.4 is 10.6 Å². The number of hydrogen-bond donors (Lipinski definition) is 3. The Bertz CT molecular complexity index is 664. The van der Waals surface area contributed by atoms with E-state index in [0.29, 0.717) is 19.1 Å². The molecule has 1 unspecified atom stereocenters. The molecule has 0 radical (unpaired) electrons. The van der Waals surface area contributed by atoms with Gasteiger partial charge in [-0.2, -0.15) is 0 Å². The van der Waals surface area contributed by atoms with Gasteiger partial charge in [-0.25, -0.2) is 0 Å². The summed E-state index contributed by atoms with van der Waals surface area (Å²) in [5.74, 6) is 0.966. The highest BCUT2D eigenvalue weighted by atomic mass is 16.3. The minimum atomic E-state index is -0.610. The average Bonchev–Trinajstić information content (AvgIpc) is 3.50. The molecule has 2 aliphatic rings. The number of rotatable bonds is 7. The first kappa shape index (κ1) is 20.6. The second-order valence-electron chi connectivity index (χ2n) is 7.73. The summed E-state index contributed by atoms with van der Waals surface area (Å²) < 4.78 is 0. The number of carbonyl (C=O) groups is 1. The van der Waals surface area contributed by atoms with E-state index in [-0.39, 0.29) is 5.91 Å². The second kappa shape index (κ2) is 9.89. The van der Waals surface area contributed by atoms with Crippen LogP contribution in [0.5, 0.6) is 0 Å². The molecule has 1 heterocycles. The van der Waals surface area contributed by atoms with E-state index in [1.807, 2.05) is 38.1 Å². The lowest BCUT2D eigenvalue weighted by atomic mass is 10.1. The van der Waals surface area contributed by atoms with Crippen molar-refractivity contribution in [2.75, 3.05) is 45.8 Å². The molecule has 1 aliphatic heterocycles. The van der Waals surface area contributed by atoms with E-state index in [1.165, 1.54) is 5.56 Å². The van der Waals surface area contributed by atoms with E-state index in [2.05, 4.69) is 25.4 Å². The van der Waals surface area contributed by atoms with Crippen LogP contribution >= 0.6 is 0 Å². The fourth-order valence-corrected chi connectivity index (χ4v) is 3.31. The number of guanidine groups is 1. The molecular weight excluding hydrogens is 354 g/mol. The van der Waals surface area contributed by atoms with E-state index in [0.717, 1.165) is 57.1 Å². The van der Waals surface area contributed by atoms with E-state index in [9.17, 15) is 9.90 Å². The van der Waals surface area contributed by atoms with Gasteiger partial charge in [0.2, 0.25) is 5.91 Å². The van der Waals surface area contributed by atoms with Gasteiger partial charge in [-0.1, -0.05) is 29.8 Å². The minimum Gasteiger partial charge on any atom is -0.386 e. The van der Waals surface area contributed by atoms with Gasteiger partial charge in [-0.15, -0.1) is 0 Å². The number of aliphatic imine (C=N–C) groups is 1. The topological polar surface area (TPSA) is 80.2 Å². The summed E-state index contributed by atoms with van der Waals surface area (Å²) in [4.78, 5) is 21.0. The zero-order chi connectivity index (χ0) is 19.9. The number of nitrogens with one attached hydrogen (secondary N) is 2. The van der Waals surface area contributed by atoms with Crippen LogP contribution in [0.4, 0.5) is 0 Å². The Morgan fingerprint density at radius 1 is 1.21 bits per heavy atom. The molecule has 7 nitrogen and oxygen atoms in total. The van der Waals surface area contributed by atoms with Gasteiger partial charge in [0.15, 0.2) is 5.96 Å². The lowest BCUT2D eigenvalue weighted by Crippen LogP contribution is -2.54. The Morgan fingerprint density at radius 2 is 1.89 bits per heavy atom. The molecule has 1 amide bonds. The molecule has 1 aromatic carbocycles. The monoisotopic (exact) mass is 387 g/mol. The Morgan fingerprint density at radius 3 is 2.50 bits per heavy atom. The molecule has 1 aromatic rings. The van der Waals surface area contributed by atoms with E-state index in [4.69, 9.17) is 0 Å². The van der Waals surface area contributed by atoms with Crippen molar-refractivity contribution in [1.29, 1.82) is 0 Å². The quantitative estimate of drug-likeness (QED) is 0.478. The number of hydrogen-bond acceptors (Lipinski definition) is 4. The minimum absolute atomic E-state index is 0.137. The van der Waals surface area contributed by atoms with Crippen LogP contribution in [0.2, 0.25) is 0 Å². The molecule has 1 atom stereocenters. The molecule has 3 rings (SSSR count). The highest BCUT2D eigenvalue weighted by molar-refractivity contribution is 5.80. The van der Waals surface area contributed by atoms with Crippen molar-refractivity contribution in [3.05, 3.63) is 35.4 Å². The Kier molecular flexibility index (Phi) is 7.28. The first-order chi connectivity index (χ1) is 13.5. The number of benzene rings is 1. The Balaban J connectivity index is 1.49. The van der Waals surface area contributed by atoms with Crippen LogP contribution in [0, 0.1) is 6.92 Å². The first-order valence-corrected chi connectivity index (χ1v) is 10.3. The van der Waals surface area contributed by atoms with E-state index >= 15 is 0 Å². The average molecular weight is 388 g/mol. The fraction of sp³-hybridized carbons (Fsp3) is 0.619. The van der Waals surface area contributed by atoms with Crippen molar-refractivity contribution in [2.45, 2.75) is 38.8 Å². The van der Waals surface area contributed by atoms with Crippen LogP contribution in [0.3, 0.4) is 0 Å². The van der Waals surface area contributed by atoms with Crippen LogP contribution in [0.25, 0.3) is 0 Å². The third-order valence-electron chi connectivity index (χ3n) is 5.19. The molecule has 2 fully saturated rings. The standard InChI is InChI=1S/C21H33N5O2/c1-3-22-21(23-14-19(27)17-6-4-16(2)5-7-17)26-12-10-25(11-13-26)15-20(28)24-18-8-9-18/h4-7,18-19,27H,3,8-15H2,1-2H3,(H,22,23)(H,24,28). The lowest BCUT2D eigenvalue weighted by molar-refractivity contribution is -0.122. The second-order valence-corrected chi connectivity index (χ2v) is 7.73. The van der Waals surface area contributed by atoms with Crippen molar-refractivity contribution in [2.24, 2.45) is 4.99 Å². The lowest BCUT2D eigenvalue weighted by Gasteiger charge is -2.36. The predicted molar refractivity (Wildman–Crippen MR) is 111 cm³/mol. The Hall–Kier alpha value is -2.12. The number of aliphatic hydroxyl groups excluding tert-OH is 1. The van der Waals surface area contributed by atoms with Crippen molar-refractivity contribution < 1.29 is 9.90 Å². The highest BCUT2D eigenvalue weighted by Crippen LogP contribution is 2.18. The molecule has 28 heavy (non-hydrogen) atoms. The highest BCUT2D eigenvalue weighted by Gasteiger charge is 2.26. The maximum Gasteiger partial charge on any atom is 0.234 e. The molecule has 0 spiro atoms. The SMILES string of the molecule is CCNC(=NCC(O)c1ccc(C)cc1)N1CCN(CC(=O)NC2CC2)CC1. The molecule has 1 saturated heterocycles. The number of carbonyl (C=O) groups excluding carboxylic acids is 1. The molecule has 3 N–H and O–H groups in total. The summed E-state index contributed by atoms with van der Waals surface area (Å²) in [7, 11) is 0. The maximum atomic E-state index is 12.0. The van der Waals surface area contributed by atoms with Crippen molar-refractivity contribution in [3.8, 4) is 0 Å². The zero-order valence-electron chi connectivity index (χ0n) is 17.0. The van der Waals surface area contributed by atoms with Crippen molar-refractivity contribution >= 4 is 11.9 Å². The molecular formula is C21H33N5O2. The zero-order valence-corrected chi connectivity index (χ0v) is 17.0. The summed E-state index contributed by atoms with van der Waals surface area (Å²) in [6.07, 6.45) is 1.63. The van der Waals surface area contributed by atoms with Gasteiger partial charge in [-0.05, 0) is 32.3 Å². The van der Waals surface area contributed by atoms with Crippen LogP contribution in [-0.4, -0.2) is 78.6 Å². The summed E-state index contributed by atoms with van der Waals surface area (Å²) in [6, 6.07) is 8.33. The van der Waals surface area contributed by atoms with Gasteiger partial charge < -0.3 is 20.6 Å². The van der Waals surface area contributed by atoms with Gasteiger partial charge in [0.25, 0.3) is 0 Å². The van der Waals surface area contributed by atoms with Crippen LogP contribution in [0.15, 0.2) is 29.3 Å². The largest absolute Gasteiger partial charge is 0.386 e. The molecule has 0 aromatic heterocycles. The number of aryl methyl sites for hydroxylation is 1. The number of nitrogens with zero attached hydrogens (tertiary/aromatic N) is 3. The third kappa shape index (κ3) is 6.21. The molecule has 7 heteroatoms. The van der Waals surface area contributed by atoms with Gasteiger partial charge in [-0.3, -0.25) is 14.7 Å². The van der Waals surface area contributed by atoms with Gasteiger partial charge in [0.1, 0.15) is 0 Å².